The third-order valence-corrected chi connectivity index (χ3v) is 7.16. The number of methoxy groups -OCH3 is 1. The lowest BCUT2D eigenvalue weighted by Crippen LogP contribution is -2.43. The second kappa shape index (κ2) is 11.1. The summed E-state index contributed by atoms with van der Waals surface area (Å²) in [5.74, 6) is 1.77. The molecule has 4 heteroatoms. The van der Waals surface area contributed by atoms with Crippen molar-refractivity contribution < 1.29 is 9.47 Å². The lowest BCUT2D eigenvalue weighted by atomic mass is 9.71. The average Bonchev–Trinajstić information content (AvgIpc) is 2.64. The zero-order valence-electron chi connectivity index (χ0n) is 19.0. The summed E-state index contributed by atoms with van der Waals surface area (Å²) < 4.78 is 11.5. The molecular formula is C23H46N2O2. The van der Waals surface area contributed by atoms with Crippen LogP contribution in [0.4, 0.5) is 0 Å². The third kappa shape index (κ3) is 7.64. The predicted molar refractivity (Wildman–Crippen MR) is 114 cm³/mol. The molecule has 0 unspecified atom stereocenters. The Morgan fingerprint density at radius 2 is 1.44 bits per heavy atom. The summed E-state index contributed by atoms with van der Waals surface area (Å²) in [6, 6.07) is 1.37. The predicted octanol–water partition coefficient (Wildman–Crippen LogP) is 4.98. The fourth-order valence-electron chi connectivity index (χ4n) is 5.00. The van der Waals surface area contributed by atoms with Crippen molar-refractivity contribution >= 4 is 0 Å². The lowest BCUT2D eigenvalue weighted by Gasteiger charge is -2.41. The van der Waals surface area contributed by atoms with Crippen LogP contribution in [0.15, 0.2) is 0 Å². The Morgan fingerprint density at radius 3 is 2.00 bits per heavy atom. The molecular weight excluding hydrogens is 336 g/mol. The van der Waals surface area contributed by atoms with Crippen LogP contribution in [0.2, 0.25) is 0 Å². The fraction of sp³-hybridized carbons (Fsp3) is 1.00. The highest BCUT2D eigenvalue weighted by atomic mass is 16.5. The van der Waals surface area contributed by atoms with Gasteiger partial charge in [0.2, 0.25) is 0 Å². The van der Waals surface area contributed by atoms with Crippen LogP contribution in [0, 0.1) is 17.3 Å². The van der Waals surface area contributed by atoms with E-state index < -0.39 is 0 Å². The van der Waals surface area contributed by atoms with Gasteiger partial charge in [-0.05, 0) is 75.7 Å². The minimum atomic E-state index is 0.446. The molecule has 0 radical (unpaired) electrons. The van der Waals surface area contributed by atoms with Gasteiger partial charge in [-0.15, -0.1) is 0 Å². The molecule has 0 N–H and O–H groups in total. The van der Waals surface area contributed by atoms with Gasteiger partial charge >= 0.3 is 0 Å². The van der Waals surface area contributed by atoms with Crippen molar-refractivity contribution in [2.24, 2.45) is 17.3 Å². The first-order valence-electron chi connectivity index (χ1n) is 11.3. The van der Waals surface area contributed by atoms with Crippen LogP contribution in [0.3, 0.4) is 0 Å². The van der Waals surface area contributed by atoms with Gasteiger partial charge in [-0.25, -0.2) is 0 Å². The standard InChI is InChI=1S/C23H46N2O2/c1-19-7-11-21(12-8-19)24(5)17-27-16-15-25(18-26-6)22-13-9-20(10-14-22)23(2,3)4/h19-22H,7-18H2,1-6H3/t19-,20-,21-,22+. The molecule has 2 saturated carbocycles. The number of nitrogens with zero attached hydrogens (tertiary/aromatic N) is 2. The van der Waals surface area contributed by atoms with E-state index in [1.54, 1.807) is 0 Å². The van der Waals surface area contributed by atoms with Gasteiger partial charge in [0.05, 0.1) is 20.1 Å². The Hall–Kier alpha value is -0.160. The van der Waals surface area contributed by atoms with E-state index in [2.05, 4.69) is 44.5 Å². The van der Waals surface area contributed by atoms with E-state index >= 15 is 0 Å². The van der Waals surface area contributed by atoms with Crippen LogP contribution >= 0.6 is 0 Å². The van der Waals surface area contributed by atoms with E-state index in [0.29, 0.717) is 17.5 Å². The first-order valence-corrected chi connectivity index (χ1v) is 11.3. The number of rotatable bonds is 9. The summed E-state index contributed by atoms with van der Waals surface area (Å²) in [6.45, 7) is 12.8. The van der Waals surface area contributed by atoms with E-state index in [1.807, 2.05) is 7.11 Å². The molecule has 2 fully saturated rings. The molecule has 0 bridgehead atoms. The molecule has 0 amide bonds. The lowest BCUT2D eigenvalue weighted by molar-refractivity contribution is -0.0331. The Labute approximate surface area is 169 Å². The van der Waals surface area contributed by atoms with Crippen LogP contribution in [0.25, 0.3) is 0 Å². The number of hydrogen-bond donors (Lipinski definition) is 0. The van der Waals surface area contributed by atoms with Gasteiger partial charge < -0.3 is 9.47 Å². The number of hydrogen-bond acceptors (Lipinski definition) is 4. The van der Waals surface area contributed by atoms with Gasteiger partial charge in [0.25, 0.3) is 0 Å². The van der Waals surface area contributed by atoms with E-state index in [-0.39, 0.29) is 0 Å². The molecule has 0 aromatic rings. The molecule has 2 aliphatic carbocycles. The van der Waals surface area contributed by atoms with Crippen molar-refractivity contribution in [3.8, 4) is 0 Å². The first kappa shape index (κ1) is 23.1. The monoisotopic (exact) mass is 382 g/mol. The highest BCUT2D eigenvalue weighted by molar-refractivity contribution is 4.84. The van der Waals surface area contributed by atoms with Gasteiger partial charge in [0, 0.05) is 25.7 Å². The highest BCUT2D eigenvalue weighted by Crippen LogP contribution is 2.39. The second-order valence-electron chi connectivity index (χ2n) is 10.3. The van der Waals surface area contributed by atoms with Crippen LogP contribution < -0.4 is 0 Å². The molecule has 0 aromatic heterocycles. The normalized spacial score (nSPS) is 30.2. The Bertz CT molecular complexity index is 394. The van der Waals surface area contributed by atoms with Crippen molar-refractivity contribution in [3.05, 3.63) is 0 Å². The molecule has 27 heavy (non-hydrogen) atoms. The topological polar surface area (TPSA) is 24.9 Å². The maximum atomic E-state index is 6.05. The minimum absolute atomic E-state index is 0.446. The Balaban J connectivity index is 1.67. The van der Waals surface area contributed by atoms with Gasteiger partial charge in [-0.3, -0.25) is 9.80 Å². The van der Waals surface area contributed by atoms with Gasteiger partial charge in [-0.1, -0.05) is 27.7 Å². The molecule has 0 saturated heterocycles. The average molecular weight is 383 g/mol. The van der Waals surface area contributed by atoms with E-state index in [9.17, 15) is 0 Å². The third-order valence-electron chi connectivity index (χ3n) is 7.16. The summed E-state index contributed by atoms with van der Waals surface area (Å²) in [4.78, 5) is 4.92. The van der Waals surface area contributed by atoms with Crippen molar-refractivity contribution in [1.29, 1.82) is 0 Å². The molecule has 0 aromatic carbocycles. The zero-order valence-corrected chi connectivity index (χ0v) is 19.0. The SMILES string of the molecule is COCN(CCOCN(C)[C@H]1CC[C@H](C)CC1)[C@H]1CC[C@@H](C(C)(C)C)CC1. The quantitative estimate of drug-likeness (QED) is 0.415. The number of ether oxygens (including phenoxy) is 2. The van der Waals surface area contributed by atoms with E-state index in [0.717, 1.165) is 38.4 Å². The van der Waals surface area contributed by atoms with E-state index in [4.69, 9.17) is 9.47 Å². The maximum absolute atomic E-state index is 6.05. The van der Waals surface area contributed by atoms with Crippen molar-refractivity contribution in [3.63, 3.8) is 0 Å². The minimum Gasteiger partial charge on any atom is -0.369 e. The summed E-state index contributed by atoms with van der Waals surface area (Å²) in [5, 5.41) is 0. The van der Waals surface area contributed by atoms with Gasteiger partial charge in [0.15, 0.2) is 0 Å². The molecule has 2 rings (SSSR count). The zero-order chi connectivity index (χ0) is 19.9. The van der Waals surface area contributed by atoms with Crippen molar-refractivity contribution in [1.82, 2.24) is 9.80 Å². The molecule has 160 valence electrons. The van der Waals surface area contributed by atoms with Crippen molar-refractivity contribution in [2.45, 2.75) is 91.1 Å². The molecule has 0 aliphatic heterocycles. The molecule has 0 atom stereocenters. The summed E-state index contributed by atoms with van der Waals surface area (Å²) in [5.41, 5.74) is 0.446. The van der Waals surface area contributed by atoms with Crippen LogP contribution in [-0.2, 0) is 9.47 Å². The van der Waals surface area contributed by atoms with E-state index in [1.165, 1.54) is 51.4 Å². The summed E-state index contributed by atoms with van der Waals surface area (Å²) in [6.07, 6.45) is 10.7. The van der Waals surface area contributed by atoms with Gasteiger partial charge in [-0.2, -0.15) is 0 Å². The van der Waals surface area contributed by atoms with Crippen LogP contribution in [0.5, 0.6) is 0 Å². The Morgan fingerprint density at radius 1 is 0.852 bits per heavy atom. The van der Waals surface area contributed by atoms with Crippen LogP contribution in [0.1, 0.15) is 79.1 Å². The molecule has 0 heterocycles. The molecule has 2 aliphatic rings. The fourth-order valence-corrected chi connectivity index (χ4v) is 5.00. The highest BCUT2D eigenvalue weighted by Gasteiger charge is 2.31. The first-order chi connectivity index (χ1) is 12.8. The van der Waals surface area contributed by atoms with Gasteiger partial charge in [0.1, 0.15) is 0 Å². The second-order valence-corrected chi connectivity index (χ2v) is 10.3. The van der Waals surface area contributed by atoms with Crippen LogP contribution in [-0.4, -0.2) is 62.7 Å². The summed E-state index contributed by atoms with van der Waals surface area (Å²) in [7, 11) is 4.04. The summed E-state index contributed by atoms with van der Waals surface area (Å²) >= 11 is 0. The van der Waals surface area contributed by atoms with Crippen molar-refractivity contribution in [2.75, 3.05) is 40.8 Å². The molecule has 0 spiro atoms. The maximum Gasteiger partial charge on any atom is 0.0990 e. The largest absolute Gasteiger partial charge is 0.369 e. The smallest absolute Gasteiger partial charge is 0.0990 e. The Kier molecular flexibility index (Phi) is 9.54. The molecule has 4 nitrogen and oxygen atoms in total.